The fourth-order valence-corrected chi connectivity index (χ4v) is 7.97. The van der Waals surface area contributed by atoms with Gasteiger partial charge in [-0.15, -0.1) is 0 Å². The van der Waals surface area contributed by atoms with Crippen molar-refractivity contribution >= 4 is 17.9 Å². The largest absolute Gasteiger partial charge is 0.462 e. The van der Waals surface area contributed by atoms with Gasteiger partial charge in [0, 0.05) is 19.3 Å². The third-order valence-electron chi connectivity index (χ3n) is 12.1. The van der Waals surface area contributed by atoms with Gasteiger partial charge in [0.05, 0.1) is 0 Å². The molecule has 372 valence electrons. The van der Waals surface area contributed by atoms with Crippen molar-refractivity contribution in [3.05, 3.63) is 48.6 Å². The van der Waals surface area contributed by atoms with Crippen molar-refractivity contribution in [2.24, 2.45) is 0 Å². The second kappa shape index (κ2) is 53.0. The minimum Gasteiger partial charge on any atom is -0.462 e. The summed E-state index contributed by atoms with van der Waals surface area (Å²) < 4.78 is 16.8. The Morgan fingerprint density at radius 3 is 1.00 bits per heavy atom. The number of esters is 3. The third-order valence-corrected chi connectivity index (χ3v) is 12.1. The van der Waals surface area contributed by atoms with Crippen molar-refractivity contribution in [1.82, 2.24) is 0 Å². The Morgan fingerprint density at radius 1 is 0.328 bits per heavy atom. The highest BCUT2D eigenvalue weighted by Gasteiger charge is 2.19. The Bertz CT molecular complexity index is 1120. The van der Waals surface area contributed by atoms with Crippen molar-refractivity contribution in [3.8, 4) is 0 Å². The minimum atomic E-state index is -0.786. The summed E-state index contributed by atoms with van der Waals surface area (Å²) in [5.41, 5.74) is 0. The number of carbonyl (C=O) groups excluding carboxylic acids is 3. The highest BCUT2D eigenvalue weighted by Crippen LogP contribution is 2.16. The van der Waals surface area contributed by atoms with Crippen molar-refractivity contribution in [1.29, 1.82) is 0 Å². The van der Waals surface area contributed by atoms with Crippen LogP contribution in [-0.2, 0) is 28.6 Å². The van der Waals surface area contributed by atoms with Crippen LogP contribution >= 0.6 is 0 Å². The van der Waals surface area contributed by atoms with Gasteiger partial charge in [-0.05, 0) is 64.2 Å². The van der Waals surface area contributed by atoms with Crippen LogP contribution in [0.1, 0.15) is 284 Å². The van der Waals surface area contributed by atoms with E-state index in [1.165, 1.54) is 148 Å². The topological polar surface area (TPSA) is 78.9 Å². The van der Waals surface area contributed by atoms with Crippen molar-refractivity contribution < 1.29 is 28.6 Å². The number of rotatable bonds is 50. The smallest absolute Gasteiger partial charge is 0.306 e. The molecule has 64 heavy (non-hydrogen) atoms. The van der Waals surface area contributed by atoms with Gasteiger partial charge >= 0.3 is 17.9 Å². The van der Waals surface area contributed by atoms with Gasteiger partial charge in [-0.25, -0.2) is 0 Å². The average molecular weight is 897 g/mol. The summed E-state index contributed by atoms with van der Waals surface area (Å²) in [6.07, 6.45) is 63.9. The third kappa shape index (κ3) is 50.4. The molecule has 6 nitrogen and oxygen atoms in total. The minimum absolute atomic E-state index is 0.0831. The van der Waals surface area contributed by atoms with Gasteiger partial charge < -0.3 is 14.2 Å². The number of carbonyl (C=O) groups is 3. The summed E-state index contributed by atoms with van der Waals surface area (Å²) >= 11 is 0. The molecule has 0 N–H and O–H groups in total. The zero-order valence-corrected chi connectivity index (χ0v) is 42.6. The molecule has 0 aromatic carbocycles. The predicted molar refractivity (Wildman–Crippen MR) is 275 cm³/mol. The summed E-state index contributed by atoms with van der Waals surface area (Å²) in [5.74, 6) is -0.909. The lowest BCUT2D eigenvalue weighted by Crippen LogP contribution is -2.30. The molecule has 0 aromatic heterocycles. The van der Waals surface area contributed by atoms with E-state index in [4.69, 9.17) is 14.2 Å². The van der Waals surface area contributed by atoms with Crippen molar-refractivity contribution in [2.45, 2.75) is 290 Å². The van der Waals surface area contributed by atoms with Gasteiger partial charge in [0.25, 0.3) is 0 Å². The molecule has 0 spiro atoms. The first kappa shape index (κ1) is 61.4. The van der Waals surface area contributed by atoms with Crippen LogP contribution in [0, 0.1) is 0 Å². The summed E-state index contributed by atoms with van der Waals surface area (Å²) in [6.45, 7) is 6.50. The van der Waals surface area contributed by atoms with E-state index >= 15 is 0 Å². The molecule has 6 heteroatoms. The lowest BCUT2D eigenvalue weighted by molar-refractivity contribution is -0.167. The lowest BCUT2D eigenvalue weighted by atomic mass is 10.0. The molecule has 0 amide bonds. The summed E-state index contributed by atoms with van der Waals surface area (Å²) in [6, 6.07) is 0. The first-order valence-corrected chi connectivity index (χ1v) is 27.7. The highest BCUT2D eigenvalue weighted by molar-refractivity contribution is 5.71. The van der Waals surface area contributed by atoms with E-state index in [-0.39, 0.29) is 31.1 Å². The van der Waals surface area contributed by atoms with Gasteiger partial charge in [0.15, 0.2) is 6.10 Å². The summed E-state index contributed by atoms with van der Waals surface area (Å²) in [5, 5.41) is 0. The predicted octanol–water partition coefficient (Wildman–Crippen LogP) is 18.3. The first-order chi connectivity index (χ1) is 31.5. The van der Waals surface area contributed by atoms with Crippen LogP contribution in [0.2, 0.25) is 0 Å². The molecule has 1 atom stereocenters. The van der Waals surface area contributed by atoms with Crippen LogP contribution in [0.5, 0.6) is 0 Å². The van der Waals surface area contributed by atoms with E-state index in [0.29, 0.717) is 19.3 Å². The molecule has 0 aliphatic heterocycles. The Morgan fingerprint density at radius 2 is 0.625 bits per heavy atom. The van der Waals surface area contributed by atoms with Crippen LogP contribution in [-0.4, -0.2) is 37.2 Å². The Labute approximate surface area is 397 Å². The Balaban J connectivity index is 4.34. The molecule has 0 saturated heterocycles. The Hall–Kier alpha value is -2.63. The van der Waals surface area contributed by atoms with E-state index < -0.39 is 6.10 Å². The standard InChI is InChI=1S/C58H104O6/c1-4-7-10-13-16-19-22-25-27-28-29-30-31-34-36-39-42-45-48-51-57(60)63-54-55(53-62-56(59)50-47-44-41-38-35-32-24-21-18-15-12-9-6-3)64-58(61)52-49-46-43-40-37-33-26-23-20-17-14-11-8-5-2/h9,12,15,18,21,24,33,37,55H,4-8,10-11,13-14,16-17,19-20,22-23,25-32,34-36,38-54H2,1-3H3/b12-9-,18-15-,24-21-,37-33-. The first-order valence-electron chi connectivity index (χ1n) is 27.7. The molecule has 0 saturated carbocycles. The molecule has 0 radical (unpaired) electrons. The molecule has 1 unspecified atom stereocenters. The summed E-state index contributed by atoms with van der Waals surface area (Å²) in [7, 11) is 0. The van der Waals surface area contributed by atoms with E-state index in [1.54, 1.807) is 0 Å². The number of unbranched alkanes of at least 4 members (excludes halogenated alkanes) is 33. The van der Waals surface area contributed by atoms with Crippen LogP contribution < -0.4 is 0 Å². The fraction of sp³-hybridized carbons (Fsp3) is 0.810. The quantitative estimate of drug-likeness (QED) is 0.0199. The Kier molecular flexibility index (Phi) is 50.8. The van der Waals surface area contributed by atoms with Crippen LogP contribution in [0.4, 0.5) is 0 Å². The van der Waals surface area contributed by atoms with Crippen LogP contribution in [0.25, 0.3) is 0 Å². The fourth-order valence-electron chi connectivity index (χ4n) is 7.97. The number of hydrogen-bond donors (Lipinski definition) is 0. The molecular weight excluding hydrogens is 793 g/mol. The van der Waals surface area contributed by atoms with E-state index in [2.05, 4.69) is 69.4 Å². The molecule has 0 aromatic rings. The number of hydrogen-bond acceptors (Lipinski definition) is 6. The van der Waals surface area contributed by atoms with Crippen LogP contribution in [0.15, 0.2) is 48.6 Å². The normalized spacial score (nSPS) is 12.4. The molecule has 0 heterocycles. The van der Waals surface area contributed by atoms with Crippen molar-refractivity contribution in [2.75, 3.05) is 13.2 Å². The molecule has 0 rings (SSSR count). The molecular formula is C58H104O6. The molecule has 0 aliphatic rings. The monoisotopic (exact) mass is 897 g/mol. The highest BCUT2D eigenvalue weighted by atomic mass is 16.6. The van der Waals surface area contributed by atoms with E-state index in [1.807, 2.05) is 0 Å². The van der Waals surface area contributed by atoms with Gasteiger partial charge in [-0.1, -0.05) is 249 Å². The summed E-state index contributed by atoms with van der Waals surface area (Å²) in [4.78, 5) is 38.0. The molecule has 0 fully saturated rings. The van der Waals surface area contributed by atoms with Gasteiger partial charge in [0.2, 0.25) is 0 Å². The van der Waals surface area contributed by atoms with E-state index in [0.717, 1.165) is 96.3 Å². The maximum absolute atomic E-state index is 12.8. The maximum atomic E-state index is 12.8. The van der Waals surface area contributed by atoms with Crippen LogP contribution in [0.3, 0.4) is 0 Å². The van der Waals surface area contributed by atoms with Gasteiger partial charge in [-0.3, -0.25) is 14.4 Å². The van der Waals surface area contributed by atoms with Crippen molar-refractivity contribution in [3.63, 3.8) is 0 Å². The van der Waals surface area contributed by atoms with Gasteiger partial charge in [0.1, 0.15) is 13.2 Å². The molecule has 0 aliphatic carbocycles. The number of ether oxygens (including phenoxy) is 3. The number of allylic oxidation sites excluding steroid dienone is 8. The maximum Gasteiger partial charge on any atom is 0.306 e. The van der Waals surface area contributed by atoms with Gasteiger partial charge in [-0.2, -0.15) is 0 Å². The lowest BCUT2D eigenvalue weighted by Gasteiger charge is -2.18. The van der Waals surface area contributed by atoms with E-state index in [9.17, 15) is 14.4 Å². The zero-order chi connectivity index (χ0) is 46.5. The second-order valence-electron chi connectivity index (χ2n) is 18.5. The average Bonchev–Trinajstić information content (AvgIpc) is 3.29. The SMILES string of the molecule is CC\C=C/C=C\C=C/CCCCCCCC(=O)OCC(COC(=O)CCCCCCCCCCCCCCCCCCCCC)OC(=O)CCCCC/C=C\CCCCCCCCC. The zero-order valence-electron chi connectivity index (χ0n) is 42.6. The molecule has 0 bridgehead atoms. The second-order valence-corrected chi connectivity index (χ2v) is 18.5.